The summed E-state index contributed by atoms with van der Waals surface area (Å²) in [5.41, 5.74) is -0.143. The molecule has 0 rings (SSSR count). The van der Waals surface area contributed by atoms with Gasteiger partial charge in [0.15, 0.2) is 0 Å². The second-order valence-corrected chi connectivity index (χ2v) is 5.64. The van der Waals surface area contributed by atoms with Crippen molar-refractivity contribution in [3.63, 3.8) is 0 Å². The first kappa shape index (κ1) is 14.9. The normalized spacial score (nSPS) is 13.6. The Morgan fingerprint density at radius 1 is 1.00 bits per heavy atom. The van der Waals surface area contributed by atoms with Crippen LogP contribution < -0.4 is 0 Å². The van der Waals surface area contributed by atoms with Gasteiger partial charge in [-0.05, 0) is 54.4 Å². The molecule has 0 N–H and O–H groups in total. The Hall–Kier alpha value is -0.0800. The van der Waals surface area contributed by atoms with Crippen molar-refractivity contribution in [1.29, 1.82) is 0 Å². The first-order valence-electron chi connectivity index (χ1n) is 6.00. The molecule has 0 saturated heterocycles. The summed E-state index contributed by atoms with van der Waals surface area (Å²) in [6.07, 6.45) is 2.27. The Balaban J connectivity index is 3.96. The molecule has 0 saturated carbocycles. The maximum atomic E-state index is 6.08. The Morgan fingerprint density at radius 2 is 1.53 bits per heavy atom. The van der Waals surface area contributed by atoms with Crippen molar-refractivity contribution in [2.45, 2.75) is 78.6 Å². The molecular formula is C13H28O2. The van der Waals surface area contributed by atoms with Gasteiger partial charge in [0.25, 0.3) is 0 Å². The molecule has 0 aromatic carbocycles. The van der Waals surface area contributed by atoms with E-state index in [4.69, 9.17) is 9.47 Å². The molecule has 92 valence electrons. The standard InChI is InChI=1S/C13H28O2/c1-8-12(4,5)15-13(6,7)9-10-14-11(2)3/h11H,8-10H2,1-7H3. The molecule has 0 aliphatic rings. The van der Waals surface area contributed by atoms with Gasteiger partial charge in [0.1, 0.15) is 0 Å². The second kappa shape index (κ2) is 5.86. The smallest absolute Gasteiger partial charge is 0.0655 e. The van der Waals surface area contributed by atoms with Gasteiger partial charge in [-0.15, -0.1) is 0 Å². The first-order chi connectivity index (χ1) is 6.68. The lowest BCUT2D eigenvalue weighted by Crippen LogP contribution is -2.37. The highest BCUT2D eigenvalue weighted by molar-refractivity contribution is 4.76. The second-order valence-electron chi connectivity index (χ2n) is 5.64. The van der Waals surface area contributed by atoms with Crippen molar-refractivity contribution in [3.05, 3.63) is 0 Å². The van der Waals surface area contributed by atoms with Crippen LogP contribution in [0.3, 0.4) is 0 Å². The van der Waals surface area contributed by atoms with Crippen LogP contribution >= 0.6 is 0 Å². The maximum absolute atomic E-state index is 6.08. The molecular weight excluding hydrogens is 188 g/mol. The fourth-order valence-corrected chi connectivity index (χ4v) is 1.41. The van der Waals surface area contributed by atoms with Crippen LogP contribution in [0.5, 0.6) is 0 Å². The molecule has 0 bridgehead atoms. The zero-order valence-electron chi connectivity index (χ0n) is 11.5. The molecule has 15 heavy (non-hydrogen) atoms. The van der Waals surface area contributed by atoms with E-state index in [9.17, 15) is 0 Å². The third kappa shape index (κ3) is 7.80. The summed E-state index contributed by atoms with van der Waals surface area (Å²) in [4.78, 5) is 0. The van der Waals surface area contributed by atoms with Crippen molar-refractivity contribution in [2.75, 3.05) is 6.61 Å². The molecule has 0 heterocycles. The van der Waals surface area contributed by atoms with Crippen molar-refractivity contribution < 1.29 is 9.47 Å². The minimum atomic E-state index is -0.103. The highest BCUT2D eigenvalue weighted by Gasteiger charge is 2.27. The third-order valence-electron chi connectivity index (χ3n) is 2.56. The molecule has 0 aliphatic carbocycles. The van der Waals surface area contributed by atoms with E-state index in [0.29, 0.717) is 6.10 Å². The molecule has 0 aliphatic heterocycles. The van der Waals surface area contributed by atoms with Crippen molar-refractivity contribution in [3.8, 4) is 0 Å². The van der Waals surface area contributed by atoms with Gasteiger partial charge in [0.2, 0.25) is 0 Å². The Morgan fingerprint density at radius 3 is 1.93 bits per heavy atom. The zero-order chi connectivity index (χ0) is 12.1. The van der Waals surface area contributed by atoms with Crippen LogP contribution in [0.4, 0.5) is 0 Å². The average Bonchev–Trinajstić information content (AvgIpc) is 2.01. The fraction of sp³-hybridized carbons (Fsp3) is 1.00. The van der Waals surface area contributed by atoms with Gasteiger partial charge in [-0.3, -0.25) is 0 Å². The fourth-order valence-electron chi connectivity index (χ4n) is 1.41. The van der Waals surface area contributed by atoms with Crippen LogP contribution in [0, 0.1) is 0 Å². The molecule has 0 aromatic heterocycles. The van der Waals surface area contributed by atoms with Gasteiger partial charge in [0.05, 0.1) is 17.3 Å². The van der Waals surface area contributed by atoms with Crippen LogP contribution in [0.1, 0.15) is 61.3 Å². The molecule has 2 nitrogen and oxygen atoms in total. The Kier molecular flexibility index (Phi) is 5.82. The van der Waals surface area contributed by atoms with E-state index >= 15 is 0 Å². The van der Waals surface area contributed by atoms with Crippen LogP contribution in [-0.2, 0) is 9.47 Å². The quantitative estimate of drug-likeness (QED) is 0.644. The summed E-state index contributed by atoms with van der Waals surface area (Å²) >= 11 is 0. The van der Waals surface area contributed by atoms with Crippen molar-refractivity contribution in [1.82, 2.24) is 0 Å². The zero-order valence-corrected chi connectivity index (χ0v) is 11.5. The van der Waals surface area contributed by atoms with E-state index in [2.05, 4.69) is 48.5 Å². The summed E-state index contributed by atoms with van der Waals surface area (Å²) in [5, 5.41) is 0. The van der Waals surface area contributed by atoms with Crippen molar-refractivity contribution in [2.24, 2.45) is 0 Å². The molecule has 0 unspecified atom stereocenters. The monoisotopic (exact) mass is 216 g/mol. The van der Waals surface area contributed by atoms with E-state index in [1.54, 1.807) is 0 Å². The largest absolute Gasteiger partial charge is 0.379 e. The van der Waals surface area contributed by atoms with Crippen LogP contribution in [0.2, 0.25) is 0 Å². The SMILES string of the molecule is CCC(C)(C)OC(C)(C)CCOC(C)C. The van der Waals surface area contributed by atoms with Crippen LogP contribution in [0.25, 0.3) is 0 Å². The topological polar surface area (TPSA) is 18.5 Å². The molecule has 2 heteroatoms. The maximum Gasteiger partial charge on any atom is 0.0655 e. The van der Waals surface area contributed by atoms with E-state index < -0.39 is 0 Å². The Labute approximate surface area is 95.3 Å². The Bertz CT molecular complexity index is 171. The summed E-state index contributed by atoms with van der Waals surface area (Å²) in [7, 11) is 0. The number of hydrogen-bond donors (Lipinski definition) is 0. The molecule has 0 atom stereocenters. The molecule has 0 fully saturated rings. The highest BCUT2D eigenvalue weighted by Crippen LogP contribution is 2.25. The lowest BCUT2D eigenvalue weighted by molar-refractivity contribution is -0.135. The summed E-state index contributed by atoms with van der Waals surface area (Å²) in [5.74, 6) is 0. The predicted molar refractivity (Wildman–Crippen MR) is 65.2 cm³/mol. The minimum Gasteiger partial charge on any atom is -0.379 e. The van der Waals surface area contributed by atoms with Gasteiger partial charge in [-0.25, -0.2) is 0 Å². The van der Waals surface area contributed by atoms with Crippen molar-refractivity contribution >= 4 is 0 Å². The number of rotatable bonds is 7. The number of ether oxygens (including phenoxy) is 2. The summed E-state index contributed by atoms with van der Waals surface area (Å²) in [6.45, 7) is 15.6. The lowest BCUT2D eigenvalue weighted by Gasteiger charge is -2.35. The first-order valence-corrected chi connectivity index (χ1v) is 6.00. The number of hydrogen-bond acceptors (Lipinski definition) is 2. The van der Waals surface area contributed by atoms with Gasteiger partial charge < -0.3 is 9.47 Å². The van der Waals surface area contributed by atoms with Crippen LogP contribution in [-0.4, -0.2) is 23.9 Å². The van der Waals surface area contributed by atoms with Gasteiger partial charge in [-0.2, -0.15) is 0 Å². The molecule has 0 amide bonds. The highest BCUT2D eigenvalue weighted by atomic mass is 16.5. The van der Waals surface area contributed by atoms with E-state index in [1.807, 2.05) is 0 Å². The van der Waals surface area contributed by atoms with Gasteiger partial charge >= 0.3 is 0 Å². The third-order valence-corrected chi connectivity index (χ3v) is 2.56. The van der Waals surface area contributed by atoms with E-state index in [-0.39, 0.29) is 11.2 Å². The minimum absolute atomic E-state index is 0.0403. The van der Waals surface area contributed by atoms with Gasteiger partial charge in [-0.1, -0.05) is 6.92 Å². The molecule has 0 radical (unpaired) electrons. The summed E-state index contributed by atoms with van der Waals surface area (Å²) < 4.78 is 11.6. The van der Waals surface area contributed by atoms with Gasteiger partial charge in [0, 0.05) is 6.61 Å². The molecule has 0 spiro atoms. The lowest BCUT2D eigenvalue weighted by atomic mass is 10.0. The van der Waals surface area contributed by atoms with E-state index in [0.717, 1.165) is 19.4 Å². The predicted octanol–water partition coefficient (Wildman–Crippen LogP) is 3.79. The van der Waals surface area contributed by atoms with E-state index in [1.165, 1.54) is 0 Å². The summed E-state index contributed by atoms with van der Waals surface area (Å²) in [6, 6.07) is 0. The average molecular weight is 216 g/mol. The molecule has 0 aromatic rings. The van der Waals surface area contributed by atoms with Crippen LogP contribution in [0.15, 0.2) is 0 Å².